The van der Waals surface area contributed by atoms with Crippen molar-refractivity contribution in [2.24, 2.45) is 5.92 Å². The third-order valence-electron chi connectivity index (χ3n) is 4.46. The summed E-state index contributed by atoms with van der Waals surface area (Å²) >= 11 is 0. The van der Waals surface area contributed by atoms with Crippen LogP contribution >= 0.6 is 0 Å². The van der Waals surface area contributed by atoms with Crippen molar-refractivity contribution < 1.29 is 19.1 Å². The van der Waals surface area contributed by atoms with Gasteiger partial charge in [-0.2, -0.15) is 0 Å². The summed E-state index contributed by atoms with van der Waals surface area (Å²) in [7, 11) is 1.33. The first-order valence-corrected chi connectivity index (χ1v) is 10.1. The number of hydrogen-bond donors (Lipinski definition) is 2. The van der Waals surface area contributed by atoms with Gasteiger partial charge in [-0.3, -0.25) is 19.4 Å². The predicted octanol–water partition coefficient (Wildman–Crippen LogP) is 0.613. The fraction of sp³-hybridized carbons (Fsp3) is 0.850. The number of amides is 2. The molecule has 1 fully saturated rings. The number of esters is 1. The number of rotatable bonds is 8. The fourth-order valence-electron chi connectivity index (χ4n) is 3.27. The number of nitrogens with zero attached hydrogens (tertiary/aromatic N) is 2. The van der Waals surface area contributed by atoms with Gasteiger partial charge in [0.15, 0.2) is 0 Å². The molecular weight excluding hydrogens is 360 g/mol. The fourth-order valence-corrected chi connectivity index (χ4v) is 3.27. The van der Waals surface area contributed by atoms with Crippen molar-refractivity contribution in [3.8, 4) is 0 Å². The van der Waals surface area contributed by atoms with Gasteiger partial charge in [0.1, 0.15) is 6.04 Å². The first kappa shape index (κ1) is 24.4. The van der Waals surface area contributed by atoms with E-state index in [0.717, 1.165) is 26.1 Å². The summed E-state index contributed by atoms with van der Waals surface area (Å²) in [6.45, 7) is 13.6. The van der Waals surface area contributed by atoms with E-state index in [2.05, 4.69) is 20.4 Å². The van der Waals surface area contributed by atoms with Crippen molar-refractivity contribution in [1.82, 2.24) is 20.4 Å². The summed E-state index contributed by atoms with van der Waals surface area (Å²) in [5.41, 5.74) is -0.237. The largest absolute Gasteiger partial charge is 0.467 e. The van der Waals surface area contributed by atoms with E-state index in [0.29, 0.717) is 19.5 Å². The molecule has 28 heavy (non-hydrogen) atoms. The summed E-state index contributed by atoms with van der Waals surface area (Å²) in [6, 6.07) is -0.609. The molecule has 2 amide bonds. The zero-order valence-electron chi connectivity index (χ0n) is 18.3. The van der Waals surface area contributed by atoms with Gasteiger partial charge < -0.3 is 15.4 Å². The van der Waals surface area contributed by atoms with Crippen LogP contribution in [0.25, 0.3) is 0 Å². The van der Waals surface area contributed by atoms with Crippen LogP contribution in [-0.2, 0) is 19.1 Å². The second kappa shape index (κ2) is 11.4. The third-order valence-corrected chi connectivity index (χ3v) is 4.46. The molecule has 1 aliphatic heterocycles. The van der Waals surface area contributed by atoms with E-state index in [9.17, 15) is 14.4 Å². The second-order valence-electron chi connectivity index (χ2n) is 8.98. The first-order chi connectivity index (χ1) is 13.0. The topological polar surface area (TPSA) is 91.0 Å². The summed E-state index contributed by atoms with van der Waals surface area (Å²) < 4.78 is 4.80. The lowest BCUT2D eigenvalue weighted by Crippen LogP contribution is -2.48. The molecule has 0 bridgehead atoms. The highest BCUT2D eigenvalue weighted by atomic mass is 16.5. The molecule has 0 radical (unpaired) electrons. The molecule has 1 atom stereocenters. The van der Waals surface area contributed by atoms with Crippen molar-refractivity contribution in [1.29, 1.82) is 0 Å². The molecule has 1 saturated heterocycles. The molecular formula is C20H38N4O4. The SMILES string of the molecule is COC(=O)[C@@H](CC(C)C)NC(=O)CN1CCCN(CC(=O)NC(C)(C)C)CC1. The zero-order valence-corrected chi connectivity index (χ0v) is 18.3. The smallest absolute Gasteiger partial charge is 0.328 e. The molecule has 0 aromatic carbocycles. The van der Waals surface area contributed by atoms with Crippen LogP contribution < -0.4 is 10.6 Å². The number of carbonyl (C=O) groups is 3. The Hall–Kier alpha value is -1.67. The summed E-state index contributed by atoms with van der Waals surface area (Å²) in [6.07, 6.45) is 1.44. The maximum Gasteiger partial charge on any atom is 0.328 e. The lowest BCUT2D eigenvalue weighted by atomic mass is 10.0. The van der Waals surface area contributed by atoms with E-state index in [1.807, 2.05) is 34.6 Å². The summed E-state index contributed by atoms with van der Waals surface area (Å²) in [4.78, 5) is 40.6. The molecule has 8 nitrogen and oxygen atoms in total. The van der Waals surface area contributed by atoms with Gasteiger partial charge in [0.05, 0.1) is 20.2 Å². The minimum atomic E-state index is -0.609. The van der Waals surface area contributed by atoms with Crippen LogP contribution in [0.5, 0.6) is 0 Å². The predicted molar refractivity (Wildman–Crippen MR) is 109 cm³/mol. The van der Waals surface area contributed by atoms with Crippen LogP contribution in [0.15, 0.2) is 0 Å². The van der Waals surface area contributed by atoms with E-state index in [-0.39, 0.29) is 29.8 Å². The average Bonchev–Trinajstić information content (AvgIpc) is 2.76. The van der Waals surface area contributed by atoms with Crippen LogP contribution in [0.1, 0.15) is 47.5 Å². The van der Waals surface area contributed by atoms with Gasteiger partial charge in [0.2, 0.25) is 11.8 Å². The number of nitrogens with one attached hydrogen (secondary N) is 2. The van der Waals surface area contributed by atoms with E-state index < -0.39 is 12.0 Å². The molecule has 0 saturated carbocycles. The Bertz CT molecular complexity index is 531. The molecule has 0 aromatic heterocycles. The molecule has 162 valence electrons. The van der Waals surface area contributed by atoms with Crippen molar-refractivity contribution in [3.05, 3.63) is 0 Å². The van der Waals surface area contributed by atoms with Gasteiger partial charge in [-0.15, -0.1) is 0 Å². The van der Waals surface area contributed by atoms with Gasteiger partial charge in [-0.05, 0) is 52.6 Å². The van der Waals surface area contributed by atoms with E-state index in [4.69, 9.17) is 4.74 Å². The maximum atomic E-state index is 12.4. The van der Waals surface area contributed by atoms with Crippen molar-refractivity contribution >= 4 is 17.8 Å². The maximum absolute atomic E-state index is 12.4. The van der Waals surface area contributed by atoms with Crippen molar-refractivity contribution in [3.63, 3.8) is 0 Å². The Kier molecular flexibility index (Phi) is 9.89. The van der Waals surface area contributed by atoms with E-state index in [1.165, 1.54) is 7.11 Å². The van der Waals surface area contributed by atoms with Gasteiger partial charge in [-0.25, -0.2) is 4.79 Å². The van der Waals surface area contributed by atoms with Crippen LogP contribution in [0, 0.1) is 5.92 Å². The molecule has 2 N–H and O–H groups in total. The average molecular weight is 399 g/mol. The van der Waals surface area contributed by atoms with Crippen molar-refractivity contribution in [2.45, 2.75) is 59.0 Å². The van der Waals surface area contributed by atoms with Gasteiger partial charge in [0.25, 0.3) is 0 Å². The Morgan fingerprint density at radius 2 is 1.50 bits per heavy atom. The standard InChI is InChI=1S/C20H38N4O4/c1-15(2)12-16(19(27)28-6)21-17(25)13-23-8-7-9-24(11-10-23)14-18(26)22-20(3,4)5/h15-16H,7-14H2,1-6H3,(H,21,25)(H,22,26)/t16-/m1/s1. The van der Waals surface area contributed by atoms with Gasteiger partial charge in [-0.1, -0.05) is 13.8 Å². The van der Waals surface area contributed by atoms with Crippen LogP contribution in [-0.4, -0.2) is 85.5 Å². The molecule has 0 aliphatic carbocycles. The lowest BCUT2D eigenvalue weighted by Gasteiger charge is -2.25. The normalized spacial score (nSPS) is 17.7. The number of methoxy groups -OCH3 is 1. The van der Waals surface area contributed by atoms with Gasteiger partial charge >= 0.3 is 5.97 Å². The monoisotopic (exact) mass is 398 g/mol. The molecule has 0 aromatic rings. The molecule has 1 rings (SSSR count). The summed E-state index contributed by atoms with van der Waals surface area (Å²) in [5, 5.41) is 5.78. The number of carbonyl (C=O) groups excluding carboxylic acids is 3. The molecule has 0 unspecified atom stereocenters. The highest BCUT2D eigenvalue weighted by Gasteiger charge is 2.25. The minimum absolute atomic E-state index is 0.0216. The zero-order chi connectivity index (χ0) is 21.3. The first-order valence-electron chi connectivity index (χ1n) is 10.1. The second-order valence-corrected chi connectivity index (χ2v) is 8.98. The van der Waals surface area contributed by atoms with E-state index in [1.54, 1.807) is 0 Å². The van der Waals surface area contributed by atoms with Crippen molar-refractivity contribution in [2.75, 3.05) is 46.4 Å². The minimum Gasteiger partial charge on any atom is -0.467 e. The van der Waals surface area contributed by atoms with E-state index >= 15 is 0 Å². The van der Waals surface area contributed by atoms with Gasteiger partial charge in [0, 0.05) is 18.6 Å². The number of hydrogen-bond acceptors (Lipinski definition) is 6. The Balaban J connectivity index is 2.48. The highest BCUT2D eigenvalue weighted by Crippen LogP contribution is 2.07. The molecule has 8 heteroatoms. The number of ether oxygens (including phenoxy) is 1. The van der Waals surface area contributed by atoms with Crippen LogP contribution in [0.4, 0.5) is 0 Å². The third kappa shape index (κ3) is 10.0. The lowest BCUT2D eigenvalue weighted by molar-refractivity contribution is -0.145. The Labute approximate surface area is 169 Å². The quantitative estimate of drug-likeness (QED) is 0.582. The highest BCUT2D eigenvalue weighted by molar-refractivity contribution is 5.85. The molecule has 1 heterocycles. The summed E-state index contributed by atoms with van der Waals surface area (Å²) in [5.74, 6) is -0.285. The molecule has 0 spiro atoms. The van der Waals surface area contributed by atoms with Crippen LogP contribution in [0.2, 0.25) is 0 Å². The van der Waals surface area contributed by atoms with Crippen LogP contribution in [0.3, 0.4) is 0 Å². The Morgan fingerprint density at radius 3 is 1.96 bits per heavy atom. The molecule has 1 aliphatic rings. The Morgan fingerprint density at radius 1 is 0.964 bits per heavy atom.